The molecule has 2 rings (SSSR count). The number of hydrogen-bond donors (Lipinski definition) is 1. The zero-order chi connectivity index (χ0) is 13.3. The predicted octanol–water partition coefficient (Wildman–Crippen LogP) is 3.12. The fraction of sp³-hybridized carbons (Fsp3) is 0.167. The fourth-order valence-electron chi connectivity index (χ4n) is 1.63. The number of aromatic carboxylic acids is 1. The number of nitrogens with zero attached hydrogens (tertiary/aromatic N) is 1. The lowest BCUT2D eigenvalue weighted by Crippen LogP contribution is -1.95. The lowest BCUT2D eigenvalue weighted by atomic mass is 10.0. The molecular weight excluding hydrogens is 302 g/mol. The second-order valence-electron chi connectivity index (χ2n) is 3.63. The molecule has 0 atom stereocenters. The summed E-state index contributed by atoms with van der Waals surface area (Å²) < 4.78 is 11.2. The van der Waals surface area contributed by atoms with E-state index in [4.69, 9.17) is 14.4 Å². The summed E-state index contributed by atoms with van der Waals surface area (Å²) in [5.74, 6) is -0.163. The van der Waals surface area contributed by atoms with E-state index in [9.17, 15) is 4.79 Å². The maximum Gasteiger partial charge on any atom is 0.358 e. The molecule has 5 nitrogen and oxygen atoms in total. The molecule has 0 bridgehead atoms. The maximum absolute atomic E-state index is 10.8. The predicted molar refractivity (Wildman–Crippen MR) is 67.9 cm³/mol. The third-order valence-electron chi connectivity index (χ3n) is 2.56. The van der Waals surface area contributed by atoms with Crippen molar-refractivity contribution in [3.8, 4) is 17.1 Å². The number of methoxy groups -OCH3 is 1. The lowest BCUT2D eigenvalue weighted by Gasteiger charge is -2.10. The van der Waals surface area contributed by atoms with Gasteiger partial charge in [-0.05, 0) is 24.6 Å². The SMILES string of the molecule is COc1ccc(Br)c(C)c1-c1cc(C(=O)O)no1. The zero-order valence-corrected chi connectivity index (χ0v) is 11.3. The molecule has 0 fully saturated rings. The van der Waals surface area contributed by atoms with Crippen molar-refractivity contribution in [2.24, 2.45) is 0 Å². The highest BCUT2D eigenvalue weighted by Crippen LogP contribution is 2.37. The number of halogens is 1. The van der Waals surface area contributed by atoms with Crippen LogP contribution < -0.4 is 4.74 Å². The molecule has 1 N–H and O–H groups in total. The number of ether oxygens (including phenoxy) is 1. The topological polar surface area (TPSA) is 72.6 Å². The highest BCUT2D eigenvalue weighted by molar-refractivity contribution is 9.10. The summed E-state index contributed by atoms with van der Waals surface area (Å²) in [6.45, 7) is 1.88. The molecule has 0 radical (unpaired) electrons. The molecule has 94 valence electrons. The quantitative estimate of drug-likeness (QED) is 0.942. The third kappa shape index (κ3) is 2.11. The summed E-state index contributed by atoms with van der Waals surface area (Å²) in [4.78, 5) is 10.8. The van der Waals surface area contributed by atoms with Crippen LogP contribution in [0.3, 0.4) is 0 Å². The minimum atomic E-state index is -1.13. The molecular formula is C12H10BrNO4. The van der Waals surface area contributed by atoms with Crippen LogP contribution >= 0.6 is 15.9 Å². The van der Waals surface area contributed by atoms with Gasteiger partial charge in [-0.15, -0.1) is 0 Å². The lowest BCUT2D eigenvalue weighted by molar-refractivity contribution is 0.0686. The van der Waals surface area contributed by atoms with Crippen molar-refractivity contribution in [1.29, 1.82) is 0 Å². The number of carboxylic acids is 1. The molecule has 0 unspecified atom stereocenters. The van der Waals surface area contributed by atoms with Gasteiger partial charge in [0.1, 0.15) is 5.75 Å². The second kappa shape index (κ2) is 4.81. The van der Waals surface area contributed by atoms with Gasteiger partial charge >= 0.3 is 5.97 Å². The highest BCUT2D eigenvalue weighted by Gasteiger charge is 2.18. The largest absolute Gasteiger partial charge is 0.496 e. The number of carbonyl (C=O) groups is 1. The van der Waals surface area contributed by atoms with Crippen LogP contribution in [0.15, 0.2) is 27.2 Å². The van der Waals surface area contributed by atoms with Crippen molar-refractivity contribution in [2.45, 2.75) is 6.92 Å². The zero-order valence-electron chi connectivity index (χ0n) is 9.73. The van der Waals surface area contributed by atoms with E-state index in [0.717, 1.165) is 10.0 Å². The van der Waals surface area contributed by atoms with E-state index in [2.05, 4.69) is 21.1 Å². The molecule has 2 aromatic rings. The Morgan fingerprint density at radius 3 is 2.78 bits per heavy atom. The first kappa shape index (κ1) is 12.6. The summed E-state index contributed by atoms with van der Waals surface area (Å²) in [7, 11) is 1.54. The Hall–Kier alpha value is -1.82. The van der Waals surface area contributed by atoms with Crippen LogP contribution in [0, 0.1) is 6.92 Å². The summed E-state index contributed by atoms with van der Waals surface area (Å²) in [5.41, 5.74) is 1.45. The van der Waals surface area contributed by atoms with Crippen LogP contribution in [0.2, 0.25) is 0 Å². The van der Waals surface area contributed by atoms with Gasteiger partial charge in [0.25, 0.3) is 0 Å². The Morgan fingerprint density at radius 1 is 1.50 bits per heavy atom. The molecule has 0 aliphatic rings. The number of aromatic nitrogens is 1. The Kier molecular flexibility index (Phi) is 3.38. The first-order valence-electron chi connectivity index (χ1n) is 5.08. The van der Waals surface area contributed by atoms with Gasteiger partial charge in [0, 0.05) is 10.5 Å². The third-order valence-corrected chi connectivity index (χ3v) is 3.42. The Bertz CT molecular complexity index is 606. The van der Waals surface area contributed by atoms with Crippen LogP contribution in [0.1, 0.15) is 16.1 Å². The molecule has 18 heavy (non-hydrogen) atoms. The van der Waals surface area contributed by atoms with Crippen LogP contribution in [0.4, 0.5) is 0 Å². The average Bonchev–Trinajstić information content (AvgIpc) is 2.81. The smallest absolute Gasteiger partial charge is 0.358 e. The molecule has 0 saturated heterocycles. The summed E-state index contributed by atoms with van der Waals surface area (Å²) >= 11 is 3.41. The number of rotatable bonds is 3. The van der Waals surface area contributed by atoms with Gasteiger partial charge in [-0.1, -0.05) is 21.1 Å². The summed E-state index contributed by atoms with van der Waals surface area (Å²) in [5, 5.41) is 12.3. The molecule has 0 spiro atoms. The molecule has 0 aliphatic heterocycles. The van der Waals surface area contributed by atoms with Crippen LogP contribution in [0.25, 0.3) is 11.3 Å². The van der Waals surface area contributed by atoms with Gasteiger partial charge in [0.05, 0.1) is 12.7 Å². The molecule has 6 heteroatoms. The van der Waals surface area contributed by atoms with Crippen molar-refractivity contribution >= 4 is 21.9 Å². The number of carboxylic acid groups (broad SMARTS) is 1. The minimum Gasteiger partial charge on any atom is -0.496 e. The van der Waals surface area contributed by atoms with E-state index in [0.29, 0.717) is 17.1 Å². The van der Waals surface area contributed by atoms with E-state index < -0.39 is 5.97 Å². The maximum atomic E-state index is 10.8. The molecule has 0 aliphatic carbocycles. The Morgan fingerprint density at radius 2 is 2.22 bits per heavy atom. The standard InChI is InChI=1S/C12H10BrNO4/c1-6-7(13)3-4-9(17-2)11(6)10-5-8(12(15)16)14-18-10/h3-5H,1-2H3,(H,15,16). The number of benzene rings is 1. The van der Waals surface area contributed by atoms with Crippen LogP contribution in [-0.4, -0.2) is 23.3 Å². The van der Waals surface area contributed by atoms with Crippen molar-refractivity contribution < 1.29 is 19.2 Å². The second-order valence-corrected chi connectivity index (χ2v) is 4.49. The molecule has 0 amide bonds. The number of hydrogen-bond acceptors (Lipinski definition) is 4. The average molecular weight is 312 g/mol. The van der Waals surface area contributed by atoms with E-state index in [1.165, 1.54) is 6.07 Å². The normalized spacial score (nSPS) is 10.4. The van der Waals surface area contributed by atoms with E-state index >= 15 is 0 Å². The van der Waals surface area contributed by atoms with Gasteiger partial charge < -0.3 is 14.4 Å². The van der Waals surface area contributed by atoms with Gasteiger partial charge in [0.15, 0.2) is 11.5 Å². The van der Waals surface area contributed by atoms with Crippen molar-refractivity contribution in [2.75, 3.05) is 7.11 Å². The molecule has 1 heterocycles. The fourth-order valence-corrected chi connectivity index (χ4v) is 1.96. The first-order valence-corrected chi connectivity index (χ1v) is 5.87. The van der Waals surface area contributed by atoms with E-state index in [-0.39, 0.29) is 5.69 Å². The molecule has 1 aromatic carbocycles. The van der Waals surface area contributed by atoms with Crippen molar-refractivity contribution in [1.82, 2.24) is 5.16 Å². The van der Waals surface area contributed by atoms with E-state index in [1.54, 1.807) is 13.2 Å². The van der Waals surface area contributed by atoms with E-state index in [1.807, 2.05) is 13.0 Å². The van der Waals surface area contributed by atoms with Gasteiger partial charge in [-0.25, -0.2) is 4.79 Å². The molecule has 0 saturated carbocycles. The van der Waals surface area contributed by atoms with Gasteiger partial charge in [0.2, 0.25) is 0 Å². The Balaban J connectivity index is 2.61. The van der Waals surface area contributed by atoms with Crippen LogP contribution in [-0.2, 0) is 0 Å². The van der Waals surface area contributed by atoms with Gasteiger partial charge in [-0.2, -0.15) is 0 Å². The van der Waals surface area contributed by atoms with Gasteiger partial charge in [-0.3, -0.25) is 0 Å². The molecule has 1 aromatic heterocycles. The summed E-state index contributed by atoms with van der Waals surface area (Å²) in [6, 6.07) is 5.00. The van der Waals surface area contributed by atoms with Crippen LogP contribution in [0.5, 0.6) is 5.75 Å². The highest BCUT2D eigenvalue weighted by atomic mass is 79.9. The monoisotopic (exact) mass is 311 g/mol. The van der Waals surface area contributed by atoms with Crippen molar-refractivity contribution in [3.63, 3.8) is 0 Å². The Labute approximate surface area is 111 Å². The first-order chi connectivity index (χ1) is 8.54. The minimum absolute atomic E-state index is 0.133. The summed E-state index contributed by atoms with van der Waals surface area (Å²) in [6.07, 6.45) is 0. The van der Waals surface area contributed by atoms with Crippen molar-refractivity contribution in [3.05, 3.63) is 33.9 Å².